The van der Waals surface area contributed by atoms with Gasteiger partial charge in [-0.25, -0.2) is 0 Å². The summed E-state index contributed by atoms with van der Waals surface area (Å²) in [7, 11) is 0. The van der Waals surface area contributed by atoms with E-state index in [-0.39, 0.29) is 0 Å². The van der Waals surface area contributed by atoms with Crippen LogP contribution in [0.5, 0.6) is 0 Å². The third-order valence-electron chi connectivity index (χ3n) is 3.84. The van der Waals surface area contributed by atoms with Gasteiger partial charge in [-0.2, -0.15) is 0 Å². The minimum atomic E-state index is 0.449. The van der Waals surface area contributed by atoms with Gasteiger partial charge in [0.2, 0.25) is 0 Å². The number of likely N-dealkylation sites (tertiary alicyclic amines) is 1. The van der Waals surface area contributed by atoms with E-state index in [4.69, 9.17) is 0 Å². The Bertz CT molecular complexity index is 210. The van der Waals surface area contributed by atoms with Crippen molar-refractivity contribution in [2.45, 2.75) is 60.9 Å². The monoisotopic (exact) mass is 211 g/mol. The van der Waals surface area contributed by atoms with Crippen molar-refractivity contribution in [1.29, 1.82) is 0 Å². The van der Waals surface area contributed by atoms with Crippen LogP contribution in [-0.2, 0) is 0 Å². The molecule has 0 spiro atoms. The van der Waals surface area contributed by atoms with Crippen LogP contribution in [0.1, 0.15) is 54.9 Å². The van der Waals surface area contributed by atoms with Crippen molar-refractivity contribution in [3.05, 3.63) is 0 Å². The lowest BCUT2D eigenvalue weighted by molar-refractivity contribution is 0.00755. The van der Waals surface area contributed by atoms with Gasteiger partial charge >= 0.3 is 0 Å². The van der Waals surface area contributed by atoms with Gasteiger partial charge in [-0.3, -0.25) is 0 Å². The standard InChI is InChI=1S/C14H29N/c1-11(2)15-9-12(13(3,4)5)8-14(6,7)10-15/h11-12H,8-10H2,1-7H3. The summed E-state index contributed by atoms with van der Waals surface area (Å²) in [5.41, 5.74) is 0.936. The van der Waals surface area contributed by atoms with E-state index >= 15 is 0 Å². The largest absolute Gasteiger partial charge is 0.300 e. The summed E-state index contributed by atoms with van der Waals surface area (Å²) in [5, 5.41) is 0. The lowest BCUT2D eigenvalue weighted by Crippen LogP contribution is -2.50. The van der Waals surface area contributed by atoms with E-state index in [0.717, 1.165) is 5.92 Å². The van der Waals surface area contributed by atoms with E-state index in [9.17, 15) is 0 Å². The van der Waals surface area contributed by atoms with Gasteiger partial charge in [0, 0.05) is 19.1 Å². The Morgan fingerprint density at radius 2 is 1.73 bits per heavy atom. The van der Waals surface area contributed by atoms with Gasteiger partial charge in [-0.05, 0) is 37.0 Å². The molecule has 0 aliphatic carbocycles. The predicted octanol–water partition coefficient (Wildman–Crippen LogP) is 3.79. The van der Waals surface area contributed by atoms with E-state index < -0.39 is 0 Å². The van der Waals surface area contributed by atoms with E-state index in [0.29, 0.717) is 16.9 Å². The number of rotatable bonds is 1. The van der Waals surface area contributed by atoms with Crippen LogP contribution in [0.25, 0.3) is 0 Å². The second-order valence-corrected chi connectivity index (χ2v) is 7.45. The minimum absolute atomic E-state index is 0.449. The van der Waals surface area contributed by atoms with Crippen LogP contribution in [0.4, 0.5) is 0 Å². The molecular formula is C14H29N. The van der Waals surface area contributed by atoms with E-state index in [1.807, 2.05) is 0 Å². The topological polar surface area (TPSA) is 3.24 Å². The number of hydrogen-bond donors (Lipinski definition) is 0. The van der Waals surface area contributed by atoms with Gasteiger partial charge < -0.3 is 4.90 Å². The first-order valence-corrected chi connectivity index (χ1v) is 6.36. The molecule has 0 radical (unpaired) electrons. The Labute approximate surface area is 96.2 Å². The molecule has 0 bridgehead atoms. The molecule has 0 aromatic carbocycles. The molecule has 1 aliphatic heterocycles. The van der Waals surface area contributed by atoms with Crippen molar-refractivity contribution in [2.75, 3.05) is 13.1 Å². The molecule has 0 aromatic heterocycles. The first-order chi connectivity index (χ1) is 6.62. The maximum Gasteiger partial charge on any atom is 0.00389 e. The maximum atomic E-state index is 2.65. The smallest absolute Gasteiger partial charge is 0.00389 e. The third-order valence-corrected chi connectivity index (χ3v) is 3.84. The Morgan fingerprint density at radius 3 is 2.13 bits per heavy atom. The van der Waals surface area contributed by atoms with Crippen molar-refractivity contribution in [1.82, 2.24) is 4.90 Å². The van der Waals surface area contributed by atoms with E-state index in [1.54, 1.807) is 0 Å². The summed E-state index contributed by atoms with van der Waals surface area (Å²) in [5.74, 6) is 0.837. The number of nitrogens with zero attached hydrogens (tertiary/aromatic N) is 1. The van der Waals surface area contributed by atoms with Gasteiger partial charge in [-0.15, -0.1) is 0 Å². The Balaban J connectivity index is 2.77. The summed E-state index contributed by atoms with van der Waals surface area (Å²) in [4.78, 5) is 2.65. The zero-order valence-corrected chi connectivity index (χ0v) is 11.7. The molecule has 1 aliphatic rings. The van der Waals surface area contributed by atoms with Crippen molar-refractivity contribution in [3.8, 4) is 0 Å². The molecule has 0 amide bonds. The summed E-state index contributed by atoms with van der Waals surface area (Å²) in [6, 6.07) is 0.689. The molecule has 1 atom stereocenters. The van der Waals surface area contributed by atoms with E-state index in [2.05, 4.69) is 53.4 Å². The first kappa shape index (κ1) is 13.0. The fraction of sp³-hybridized carbons (Fsp3) is 1.00. The molecule has 1 heterocycles. The quantitative estimate of drug-likeness (QED) is 0.638. The highest BCUT2D eigenvalue weighted by Crippen LogP contribution is 2.41. The van der Waals surface area contributed by atoms with Crippen molar-refractivity contribution < 1.29 is 0 Å². The van der Waals surface area contributed by atoms with Crippen molar-refractivity contribution in [2.24, 2.45) is 16.7 Å². The maximum absolute atomic E-state index is 2.65. The lowest BCUT2D eigenvalue weighted by atomic mass is 9.68. The highest BCUT2D eigenvalue weighted by Gasteiger charge is 2.38. The second kappa shape index (κ2) is 4.08. The van der Waals surface area contributed by atoms with Crippen molar-refractivity contribution >= 4 is 0 Å². The van der Waals surface area contributed by atoms with Crippen LogP contribution in [0, 0.1) is 16.7 Å². The molecule has 1 nitrogen and oxygen atoms in total. The molecule has 1 rings (SSSR count). The molecular weight excluding hydrogens is 182 g/mol. The first-order valence-electron chi connectivity index (χ1n) is 6.36. The zero-order chi connectivity index (χ0) is 11.9. The minimum Gasteiger partial charge on any atom is -0.300 e. The second-order valence-electron chi connectivity index (χ2n) is 7.45. The van der Waals surface area contributed by atoms with Crippen molar-refractivity contribution in [3.63, 3.8) is 0 Å². The average Bonchev–Trinajstić information content (AvgIpc) is 1.99. The Kier molecular flexibility index (Phi) is 3.55. The van der Waals surface area contributed by atoms with Crippen LogP contribution in [0.15, 0.2) is 0 Å². The highest BCUT2D eigenvalue weighted by atomic mass is 15.2. The van der Waals surface area contributed by atoms with Crippen LogP contribution in [0.3, 0.4) is 0 Å². The van der Waals surface area contributed by atoms with Gasteiger partial charge in [-0.1, -0.05) is 34.6 Å². The molecule has 0 saturated carbocycles. The number of hydrogen-bond acceptors (Lipinski definition) is 1. The van der Waals surface area contributed by atoms with Crippen LogP contribution in [-0.4, -0.2) is 24.0 Å². The SMILES string of the molecule is CC(C)N1CC(C(C)(C)C)CC(C)(C)C1. The molecule has 15 heavy (non-hydrogen) atoms. The van der Waals surface area contributed by atoms with Crippen LogP contribution in [0.2, 0.25) is 0 Å². The molecule has 0 N–H and O–H groups in total. The van der Waals surface area contributed by atoms with Crippen LogP contribution >= 0.6 is 0 Å². The highest BCUT2D eigenvalue weighted by molar-refractivity contribution is 4.90. The lowest BCUT2D eigenvalue weighted by Gasteiger charge is -2.48. The molecule has 1 unspecified atom stereocenters. The summed E-state index contributed by atoms with van der Waals surface area (Å²) >= 11 is 0. The average molecular weight is 211 g/mol. The Hall–Kier alpha value is -0.0400. The molecule has 1 heteroatoms. The molecule has 0 aromatic rings. The normalized spacial score (nSPS) is 28.4. The fourth-order valence-electron chi connectivity index (χ4n) is 2.67. The van der Waals surface area contributed by atoms with Gasteiger partial charge in [0.25, 0.3) is 0 Å². The van der Waals surface area contributed by atoms with Gasteiger partial charge in [0.1, 0.15) is 0 Å². The molecule has 90 valence electrons. The Morgan fingerprint density at radius 1 is 1.20 bits per heavy atom. The van der Waals surface area contributed by atoms with Crippen LogP contribution < -0.4 is 0 Å². The predicted molar refractivity (Wildman–Crippen MR) is 68.1 cm³/mol. The van der Waals surface area contributed by atoms with E-state index in [1.165, 1.54) is 19.5 Å². The number of piperidine rings is 1. The fourth-order valence-corrected chi connectivity index (χ4v) is 2.67. The molecule has 1 fully saturated rings. The third kappa shape index (κ3) is 3.48. The summed E-state index contributed by atoms with van der Waals surface area (Å²) < 4.78 is 0. The zero-order valence-electron chi connectivity index (χ0n) is 11.7. The van der Waals surface area contributed by atoms with Gasteiger partial charge in [0.05, 0.1) is 0 Å². The summed E-state index contributed by atoms with van der Waals surface area (Å²) in [6.07, 6.45) is 1.37. The van der Waals surface area contributed by atoms with Gasteiger partial charge in [0.15, 0.2) is 0 Å². The molecule has 1 saturated heterocycles. The summed E-state index contributed by atoms with van der Waals surface area (Å²) in [6.45, 7) is 19.2.